The van der Waals surface area contributed by atoms with Crippen LogP contribution in [0.1, 0.15) is 11.1 Å². The zero-order valence-electron chi connectivity index (χ0n) is 13.6. The summed E-state index contributed by atoms with van der Waals surface area (Å²) in [5, 5.41) is 19.2. The van der Waals surface area contributed by atoms with E-state index in [2.05, 4.69) is 4.99 Å². The maximum atomic E-state index is 11.9. The summed E-state index contributed by atoms with van der Waals surface area (Å²) in [6.07, 6.45) is 1.18. The Bertz CT molecular complexity index is 911. The van der Waals surface area contributed by atoms with Crippen LogP contribution in [-0.2, 0) is 23.0 Å². The number of methoxy groups -OCH3 is 1. The van der Waals surface area contributed by atoms with Crippen LogP contribution >= 0.6 is 0 Å². The molecule has 2 aromatic rings. The summed E-state index contributed by atoms with van der Waals surface area (Å²) >= 11 is 0. The maximum absolute atomic E-state index is 11.9. The molecule has 25 heavy (non-hydrogen) atoms. The van der Waals surface area contributed by atoms with E-state index in [0.717, 1.165) is 10.8 Å². The van der Waals surface area contributed by atoms with Gasteiger partial charge in [0.15, 0.2) is 6.04 Å². The Labute approximate surface area is 141 Å². The smallest absolute Gasteiger partial charge is 0.330 e. The molecule has 132 valence electrons. The van der Waals surface area contributed by atoms with Crippen molar-refractivity contribution >= 4 is 12.2 Å². The number of carbonyl (C=O) groups is 1. The van der Waals surface area contributed by atoms with Gasteiger partial charge in [-0.1, -0.05) is 12.1 Å². The quantitative estimate of drug-likeness (QED) is 0.502. The Morgan fingerprint density at radius 3 is 2.56 bits per heavy atom. The fraction of sp³-hybridized carbons (Fsp3) is 0.250. The monoisotopic (exact) mass is 347 g/mol. The predicted octanol–water partition coefficient (Wildman–Crippen LogP) is -0.312. The van der Waals surface area contributed by atoms with Gasteiger partial charge in [0.1, 0.15) is 11.3 Å². The van der Waals surface area contributed by atoms with Crippen molar-refractivity contribution in [1.29, 1.82) is 0 Å². The van der Waals surface area contributed by atoms with Gasteiger partial charge in [-0.2, -0.15) is 0 Å². The molecule has 0 unspecified atom stereocenters. The van der Waals surface area contributed by atoms with E-state index in [0.29, 0.717) is 5.56 Å². The van der Waals surface area contributed by atoms with Gasteiger partial charge in [0.2, 0.25) is 5.88 Å². The third-order valence-electron chi connectivity index (χ3n) is 3.55. The van der Waals surface area contributed by atoms with Gasteiger partial charge in [-0.15, -0.1) is 0 Å². The van der Waals surface area contributed by atoms with Crippen LogP contribution in [0.25, 0.3) is 0 Å². The number of nitrogens with one attached hydrogen (secondary N) is 1. The molecule has 0 saturated carbocycles. The average Bonchev–Trinajstić information content (AvgIpc) is 2.59. The number of benzene rings is 1. The summed E-state index contributed by atoms with van der Waals surface area (Å²) < 4.78 is 5.54. The minimum absolute atomic E-state index is 0.0866. The lowest BCUT2D eigenvalue weighted by Gasteiger charge is -2.10. The Kier molecular flexibility index (Phi) is 5.38. The first-order chi connectivity index (χ1) is 11.8. The van der Waals surface area contributed by atoms with E-state index in [9.17, 15) is 24.6 Å². The third kappa shape index (κ3) is 4.14. The number of phenolic OH excluding ortho intramolecular Hbond substituents is 1. The van der Waals surface area contributed by atoms with Crippen LogP contribution < -0.4 is 11.2 Å². The molecular formula is C16H17N3O6. The first kappa shape index (κ1) is 18.0. The Morgan fingerprint density at radius 1 is 1.32 bits per heavy atom. The molecule has 0 bridgehead atoms. The van der Waals surface area contributed by atoms with Crippen LogP contribution in [0, 0.1) is 0 Å². The summed E-state index contributed by atoms with van der Waals surface area (Å²) in [7, 11) is 2.48. The summed E-state index contributed by atoms with van der Waals surface area (Å²) in [5.41, 5.74) is -1.13. The van der Waals surface area contributed by atoms with Gasteiger partial charge in [0.05, 0.1) is 7.11 Å². The lowest BCUT2D eigenvalue weighted by molar-refractivity contribution is -0.142. The minimum atomic E-state index is -0.967. The van der Waals surface area contributed by atoms with Crippen LogP contribution in [0.5, 0.6) is 11.6 Å². The van der Waals surface area contributed by atoms with E-state index in [-0.39, 0.29) is 17.7 Å². The molecule has 1 heterocycles. The Morgan fingerprint density at radius 2 is 1.96 bits per heavy atom. The normalized spacial score (nSPS) is 12.2. The summed E-state index contributed by atoms with van der Waals surface area (Å²) in [4.78, 5) is 41.1. The zero-order chi connectivity index (χ0) is 18.6. The number of hydrogen-bond acceptors (Lipinski definition) is 7. The number of phenols is 1. The third-order valence-corrected chi connectivity index (χ3v) is 3.55. The molecule has 0 saturated heterocycles. The molecule has 0 aliphatic heterocycles. The topological polar surface area (TPSA) is 134 Å². The standard InChI is InChI=1S/C16H17N3O6/c1-19-14(22)11(13(21)18-16(19)24)8-17-12(15(23)25-2)7-9-3-5-10(20)6-4-9/h3-6,8,12,20,22H,7H2,1-2H3,(H,18,21,24)/t12-/m0/s1. The van der Waals surface area contributed by atoms with Crippen molar-refractivity contribution in [2.45, 2.75) is 12.5 Å². The molecule has 0 aliphatic carbocycles. The summed E-state index contributed by atoms with van der Waals surface area (Å²) in [6, 6.07) is 5.22. The first-order valence-electron chi connectivity index (χ1n) is 7.24. The van der Waals surface area contributed by atoms with Crippen molar-refractivity contribution in [2.24, 2.45) is 12.0 Å². The number of H-pyrrole nitrogens is 1. The van der Waals surface area contributed by atoms with Crippen LogP contribution in [0.2, 0.25) is 0 Å². The van der Waals surface area contributed by atoms with E-state index < -0.39 is 29.1 Å². The van der Waals surface area contributed by atoms with E-state index >= 15 is 0 Å². The number of hydrogen-bond donors (Lipinski definition) is 3. The highest BCUT2D eigenvalue weighted by Gasteiger charge is 2.19. The summed E-state index contributed by atoms with van der Waals surface area (Å²) in [6.45, 7) is 0. The lowest BCUT2D eigenvalue weighted by Crippen LogP contribution is -2.31. The second kappa shape index (κ2) is 7.47. The number of nitrogens with zero attached hydrogens (tertiary/aromatic N) is 2. The Balaban J connectivity index is 2.34. The lowest BCUT2D eigenvalue weighted by atomic mass is 10.1. The fourth-order valence-electron chi connectivity index (χ4n) is 2.10. The van der Waals surface area contributed by atoms with Gasteiger partial charge in [0.25, 0.3) is 5.56 Å². The molecule has 0 aliphatic rings. The van der Waals surface area contributed by atoms with Gasteiger partial charge in [-0.25, -0.2) is 9.59 Å². The molecule has 2 rings (SSSR count). The van der Waals surface area contributed by atoms with Gasteiger partial charge in [0, 0.05) is 19.7 Å². The molecule has 0 radical (unpaired) electrons. The second-order valence-corrected chi connectivity index (χ2v) is 5.24. The molecule has 9 nitrogen and oxygen atoms in total. The van der Waals surface area contributed by atoms with Crippen molar-refractivity contribution in [1.82, 2.24) is 9.55 Å². The van der Waals surface area contributed by atoms with Crippen LogP contribution in [-0.4, -0.2) is 45.1 Å². The SMILES string of the molecule is COC(=O)[C@H](Cc1ccc(O)cc1)N=Cc1c(O)n(C)c(=O)[nH]c1=O. The van der Waals surface area contributed by atoms with Crippen LogP contribution in [0.15, 0.2) is 38.8 Å². The van der Waals surface area contributed by atoms with Gasteiger partial charge in [-0.3, -0.25) is 19.3 Å². The highest BCUT2D eigenvalue weighted by molar-refractivity contribution is 5.85. The molecule has 1 atom stereocenters. The van der Waals surface area contributed by atoms with Crippen LogP contribution in [0.4, 0.5) is 0 Å². The fourth-order valence-corrected chi connectivity index (χ4v) is 2.10. The molecule has 0 fully saturated rings. The van der Waals surface area contributed by atoms with E-state index in [1.165, 1.54) is 26.3 Å². The summed E-state index contributed by atoms with van der Waals surface area (Å²) in [5.74, 6) is -1.11. The molecule has 3 N–H and O–H groups in total. The van der Waals surface area contributed by atoms with E-state index in [1.807, 2.05) is 4.98 Å². The number of carbonyl (C=O) groups excluding carboxylic acids is 1. The second-order valence-electron chi connectivity index (χ2n) is 5.24. The first-order valence-corrected chi connectivity index (χ1v) is 7.24. The molecule has 0 amide bonds. The van der Waals surface area contributed by atoms with E-state index in [1.54, 1.807) is 12.1 Å². The zero-order valence-corrected chi connectivity index (χ0v) is 13.6. The van der Waals surface area contributed by atoms with Crippen LogP contribution in [0.3, 0.4) is 0 Å². The number of aromatic nitrogens is 2. The number of rotatable bonds is 5. The van der Waals surface area contributed by atoms with Crippen molar-refractivity contribution < 1.29 is 19.7 Å². The van der Waals surface area contributed by atoms with Gasteiger partial charge < -0.3 is 14.9 Å². The number of aliphatic imine (C=N–C) groups is 1. The van der Waals surface area contributed by atoms with Crippen molar-refractivity contribution in [3.05, 3.63) is 56.2 Å². The number of aromatic amines is 1. The number of esters is 1. The van der Waals surface area contributed by atoms with Gasteiger partial charge >= 0.3 is 11.7 Å². The molecular weight excluding hydrogens is 330 g/mol. The molecule has 1 aromatic carbocycles. The predicted molar refractivity (Wildman–Crippen MR) is 89.2 cm³/mol. The van der Waals surface area contributed by atoms with Crippen molar-refractivity contribution in [2.75, 3.05) is 7.11 Å². The molecule has 0 spiro atoms. The largest absolute Gasteiger partial charge is 0.508 e. The highest BCUT2D eigenvalue weighted by Crippen LogP contribution is 2.13. The molecule has 1 aromatic heterocycles. The number of aromatic hydroxyl groups is 2. The molecule has 9 heteroatoms. The van der Waals surface area contributed by atoms with Crippen molar-refractivity contribution in [3.8, 4) is 11.6 Å². The van der Waals surface area contributed by atoms with Gasteiger partial charge in [-0.05, 0) is 17.7 Å². The highest BCUT2D eigenvalue weighted by atomic mass is 16.5. The van der Waals surface area contributed by atoms with Crippen molar-refractivity contribution in [3.63, 3.8) is 0 Å². The maximum Gasteiger partial charge on any atom is 0.330 e. The minimum Gasteiger partial charge on any atom is -0.508 e. The average molecular weight is 347 g/mol. The Hall–Kier alpha value is -3.36. The van der Waals surface area contributed by atoms with E-state index in [4.69, 9.17) is 4.74 Å². The number of ether oxygens (including phenoxy) is 1.